The summed E-state index contributed by atoms with van der Waals surface area (Å²) >= 11 is 1.49. The molecular formula is C23H23F2N5OS. The van der Waals surface area contributed by atoms with Crippen LogP contribution in [0.4, 0.5) is 14.6 Å². The summed E-state index contributed by atoms with van der Waals surface area (Å²) < 4.78 is 31.5. The van der Waals surface area contributed by atoms with E-state index < -0.39 is 11.6 Å². The van der Waals surface area contributed by atoms with Gasteiger partial charge in [-0.3, -0.25) is 9.88 Å². The Morgan fingerprint density at radius 2 is 1.97 bits per heavy atom. The van der Waals surface area contributed by atoms with Crippen LogP contribution in [0.2, 0.25) is 0 Å². The second-order valence-electron chi connectivity index (χ2n) is 8.40. The zero-order valence-electron chi connectivity index (χ0n) is 17.7. The molecule has 2 saturated heterocycles. The number of halogens is 2. The van der Waals surface area contributed by atoms with Gasteiger partial charge >= 0.3 is 0 Å². The maximum absolute atomic E-state index is 13.7. The number of aromatic nitrogens is 2. The van der Waals surface area contributed by atoms with Gasteiger partial charge < -0.3 is 9.74 Å². The Morgan fingerprint density at radius 1 is 1.12 bits per heavy atom. The summed E-state index contributed by atoms with van der Waals surface area (Å²) in [4.78, 5) is 14.5. The minimum Gasteiger partial charge on any atom is -0.396 e. The molecule has 2 aliphatic heterocycles. The van der Waals surface area contributed by atoms with Crippen LogP contribution in [0.3, 0.4) is 0 Å². The van der Waals surface area contributed by atoms with Gasteiger partial charge in [-0.25, -0.2) is 8.78 Å². The highest BCUT2D eigenvalue weighted by Gasteiger charge is 2.51. The number of hydrogen-bond acceptors (Lipinski definition) is 7. The number of nitrogens with zero attached hydrogens (tertiary/aromatic N) is 5. The Hall–Kier alpha value is -2.91. The minimum absolute atomic E-state index is 0.363. The SMILES string of the molecule is CCO/N=C(\c1ccc(F)c(F)c1)c1ccc(CN2CC3(C2)CN(c2ccsn2)C3)cn1. The van der Waals surface area contributed by atoms with Crippen LogP contribution < -0.4 is 4.90 Å². The molecule has 4 heterocycles. The third-order valence-electron chi connectivity index (χ3n) is 5.87. The van der Waals surface area contributed by atoms with Gasteiger partial charge in [0, 0.05) is 55.3 Å². The quantitative estimate of drug-likeness (QED) is 0.399. The summed E-state index contributed by atoms with van der Waals surface area (Å²) in [5.74, 6) is -0.745. The lowest BCUT2D eigenvalue weighted by molar-refractivity contribution is -0.0276. The zero-order valence-corrected chi connectivity index (χ0v) is 18.5. The van der Waals surface area contributed by atoms with E-state index in [1.165, 1.54) is 17.6 Å². The van der Waals surface area contributed by atoms with E-state index in [1.807, 2.05) is 23.7 Å². The Morgan fingerprint density at radius 3 is 2.62 bits per heavy atom. The van der Waals surface area contributed by atoms with Crippen LogP contribution in [0.25, 0.3) is 0 Å². The van der Waals surface area contributed by atoms with Crippen LogP contribution in [0.5, 0.6) is 0 Å². The van der Waals surface area contributed by atoms with Crippen LogP contribution in [0, 0.1) is 17.0 Å². The lowest BCUT2D eigenvalue weighted by atomic mass is 9.72. The van der Waals surface area contributed by atoms with Gasteiger partial charge in [0.05, 0.1) is 5.69 Å². The van der Waals surface area contributed by atoms with Gasteiger partial charge in [-0.15, -0.1) is 0 Å². The van der Waals surface area contributed by atoms with E-state index in [9.17, 15) is 8.78 Å². The van der Waals surface area contributed by atoms with Crippen molar-refractivity contribution in [1.82, 2.24) is 14.3 Å². The number of rotatable bonds is 7. The van der Waals surface area contributed by atoms with Crippen LogP contribution >= 0.6 is 11.5 Å². The molecule has 0 radical (unpaired) electrons. The highest BCUT2D eigenvalue weighted by molar-refractivity contribution is 7.03. The molecule has 2 aliphatic rings. The van der Waals surface area contributed by atoms with Crippen molar-refractivity contribution in [2.45, 2.75) is 13.5 Å². The van der Waals surface area contributed by atoms with Gasteiger partial charge in [-0.2, -0.15) is 4.37 Å². The number of likely N-dealkylation sites (tertiary alicyclic amines) is 1. The lowest BCUT2D eigenvalue weighted by Gasteiger charge is -2.60. The van der Waals surface area contributed by atoms with E-state index in [2.05, 4.69) is 30.4 Å². The van der Waals surface area contributed by atoms with Crippen LogP contribution in [0.15, 0.2) is 53.1 Å². The lowest BCUT2D eigenvalue weighted by Crippen LogP contribution is -2.72. The molecular weight excluding hydrogens is 432 g/mol. The predicted octanol–water partition coefficient (Wildman–Crippen LogP) is 3.93. The fraction of sp³-hybridized carbons (Fsp3) is 0.348. The molecule has 5 rings (SSSR count). The van der Waals surface area contributed by atoms with E-state index in [0.29, 0.717) is 29.0 Å². The van der Waals surface area contributed by atoms with E-state index >= 15 is 0 Å². The van der Waals surface area contributed by atoms with E-state index in [-0.39, 0.29) is 0 Å². The standard InChI is InChI=1S/C23H23F2N5OS/c1-2-31-27-22(17-4-5-18(24)19(25)9-17)20-6-3-16(10-26-20)11-29-12-23(13-29)14-30(15-23)21-7-8-32-28-21/h3-10H,2,11-15H2,1H3/b27-22+. The number of anilines is 1. The first-order valence-electron chi connectivity index (χ1n) is 10.5. The molecule has 9 heteroatoms. The zero-order chi connectivity index (χ0) is 22.1. The molecule has 0 bridgehead atoms. The maximum atomic E-state index is 13.7. The predicted molar refractivity (Wildman–Crippen MR) is 120 cm³/mol. The summed E-state index contributed by atoms with van der Waals surface area (Å²) in [6.45, 7) is 7.27. The highest BCUT2D eigenvalue weighted by atomic mass is 32.1. The molecule has 3 aromatic rings. The van der Waals surface area contributed by atoms with Crippen molar-refractivity contribution >= 4 is 23.1 Å². The average Bonchev–Trinajstić information content (AvgIpc) is 3.27. The molecule has 166 valence electrons. The first kappa shape index (κ1) is 21.0. The number of oxime groups is 1. The fourth-order valence-corrected chi connectivity index (χ4v) is 4.97. The molecule has 0 atom stereocenters. The van der Waals surface area contributed by atoms with Gasteiger partial charge in [0.15, 0.2) is 11.6 Å². The first-order valence-corrected chi connectivity index (χ1v) is 11.4. The smallest absolute Gasteiger partial charge is 0.159 e. The molecule has 0 saturated carbocycles. The van der Waals surface area contributed by atoms with Crippen molar-refractivity contribution < 1.29 is 13.6 Å². The van der Waals surface area contributed by atoms with Crippen LogP contribution in [0.1, 0.15) is 23.7 Å². The van der Waals surface area contributed by atoms with Gasteiger partial charge in [-0.1, -0.05) is 11.2 Å². The van der Waals surface area contributed by atoms with E-state index in [4.69, 9.17) is 4.84 Å². The van der Waals surface area contributed by atoms with Crippen LogP contribution in [-0.4, -0.2) is 52.8 Å². The summed E-state index contributed by atoms with van der Waals surface area (Å²) in [6.07, 6.45) is 1.81. The van der Waals surface area contributed by atoms with E-state index in [1.54, 1.807) is 6.92 Å². The van der Waals surface area contributed by atoms with Gasteiger partial charge in [0.1, 0.15) is 18.1 Å². The molecule has 2 fully saturated rings. The van der Waals surface area contributed by atoms with Gasteiger partial charge in [0.2, 0.25) is 0 Å². The topological polar surface area (TPSA) is 53.9 Å². The Bertz CT molecular complexity index is 1110. The number of hydrogen-bond donors (Lipinski definition) is 0. The summed E-state index contributed by atoms with van der Waals surface area (Å²) in [5, 5.41) is 6.10. The molecule has 1 spiro atoms. The Balaban J connectivity index is 1.21. The first-order chi connectivity index (χ1) is 15.5. The fourth-order valence-electron chi connectivity index (χ4n) is 4.45. The average molecular weight is 456 g/mol. The van der Waals surface area contributed by atoms with E-state index in [0.717, 1.165) is 56.2 Å². The third kappa shape index (κ3) is 4.10. The Labute approximate surface area is 189 Å². The second kappa shape index (κ2) is 8.55. The Kier molecular flexibility index (Phi) is 5.60. The number of benzene rings is 1. The summed E-state index contributed by atoms with van der Waals surface area (Å²) in [5.41, 5.74) is 2.82. The monoisotopic (exact) mass is 455 g/mol. The molecule has 2 aromatic heterocycles. The largest absolute Gasteiger partial charge is 0.396 e. The van der Waals surface area contributed by atoms with Gasteiger partial charge in [0.25, 0.3) is 0 Å². The van der Waals surface area contributed by atoms with Crippen molar-refractivity contribution in [3.8, 4) is 0 Å². The molecule has 0 N–H and O–H groups in total. The molecule has 0 aliphatic carbocycles. The molecule has 0 unspecified atom stereocenters. The maximum Gasteiger partial charge on any atom is 0.159 e. The summed E-state index contributed by atoms with van der Waals surface area (Å²) in [7, 11) is 0. The normalized spacial score (nSPS) is 17.8. The second-order valence-corrected chi connectivity index (χ2v) is 9.06. The molecule has 0 amide bonds. The van der Waals surface area contributed by atoms with Crippen molar-refractivity contribution in [2.75, 3.05) is 37.7 Å². The van der Waals surface area contributed by atoms with Crippen molar-refractivity contribution in [3.05, 3.63) is 76.4 Å². The summed E-state index contributed by atoms with van der Waals surface area (Å²) in [6, 6.07) is 9.57. The van der Waals surface area contributed by atoms with Crippen molar-refractivity contribution in [1.29, 1.82) is 0 Å². The highest BCUT2D eigenvalue weighted by Crippen LogP contribution is 2.42. The van der Waals surface area contributed by atoms with Gasteiger partial charge in [-0.05, 0) is 54.4 Å². The molecule has 32 heavy (non-hydrogen) atoms. The molecule has 1 aromatic carbocycles. The number of pyridine rings is 1. The van der Waals surface area contributed by atoms with Crippen molar-refractivity contribution in [2.24, 2.45) is 10.6 Å². The minimum atomic E-state index is -0.931. The third-order valence-corrected chi connectivity index (χ3v) is 6.42. The van der Waals surface area contributed by atoms with Crippen molar-refractivity contribution in [3.63, 3.8) is 0 Å². The van der Waals surface area contributed by atoms with Crippen LogP contribution in [-0.2, 0) is 11.4 Å². The molecule has 6 nitrogen and oxygen atoms in total.